The predicted octanol–water partition coefficient (Wildman–Crippen LogP) is 2.05. The smallest absolute Gasteiger partial charge is 0.368 e. The summed E-state index contributed by atoms with van der Waals surface area (Å²) in [5.74, 6) is 1.14. The number of benzene rings is 2. The Hall–Kier alpha value is -2.15. The van der Waals surface area contributed by atoms with Crippen LogP contribution in [0.4, 0.5) is 0 Å². The van der Waals surface area contributed by atoms with Crippen molar-refractivity contribution < 1.29 is 14.0 Å². The number of quaternary nitrogens is 1. The number of para-hydroxylation sites is 2. The van der Waals surface area contributed by atoms with Crippen molar-refractivity contribution in [2.45, 2.75) is 6.54 Å². The number of hydrogen-bond acceptors (Lipinski definition) is 1. The maximum Gasteiger partial charge on any atom is 0.368 e. The minimum atomic E-state index is 0.872. The number of morpholine rings is 1. The predicted molar refractivity (Wildman–Crippen MR) is 109 cm³/mol. The van der Waals surface area contributed by atoms with E-state index in [1.807, 2.05) is 0 Å². The van der Waals surface area contributed by atoms with Gasteiger partial charge in [0.2, 0.25) is 0 Å². The molecule has 4 aromatic rings. The fraction of sp³-hybridized carbons (Fsp3) is 0.286. The molecule has 0 spiro atoms. The van der Waals surface area contributed by atoms with Gasteiger partial charge in [-0.3, -0.25) is 0 Å². The first kappa shape index (κ1) is 17.0. The zero-order valence-corrected chi connectivity index (χ0v) is 16.7. The third-order valence-electron chi connectivity index (χ3n) is 5.46. The summed E-state index contributed by atoms with van der Waals surface area (Å²) < 4.78 is 11.3. The van der Waals surface area contributed by atoms with Gasteiger partial charge in [0.05, 0.1) is 13.2 Å². The van der Waals surface area contributed by atoms with Crippen LogP contribution in [-0.4, -0.2) is 42.4 Å². The van der Waals surface area contributed by atoms with Crippen LogP contribution in [0.15, 0.2) is 59.2 Å². The lowest BCUT2D eigenvalue weighted by molar-refractivity contribution is -0.908. The van der Waals surface area contributed by atoms with Crippen LogP contribution in [0.3, 0.4) is 0 Å². The molecule has 138 valence electrons. The summed E-state index contributed by atoms with van der Waals surface area (Å²) in [6.45, 7) is 6.01. The quantitative estimate of drug-likeness (QED) is 0.481. The number of fused-ring (bicyclic) bond motifs is 3. The second-order valence-electron chi connectivity index (χ2n) is 7.12. The number of halogens is 1. The van der Waals surface area contributed by atoms with E-state index in [0.29, 0.717) is 0 Å². The molecule has 0 amide bonds. The van der Waals surface area contributed by atoms with Crippen LogP contribution in [0.1, 0.15) is 0 Å². The molecule has 0 aliphatic carbocycles. The molecule has 0 radical (unpaired) electrons. The maximum absolute atomic E-state index is 5.51. The third kappa shape index (κ3) is 3.18. The second kappa shape index (κ2) is 7.11. The van der Waals surface area contributed by atoms with Gasteiger partial charge in [-0.05, 0) is 24.3 Å². The second-order valence-corrected chi connectivity index (χ2v) is 8.04. The van der Waals surface area contributed by atoms with Crippen molar-refractivity contribution in [1.29, 1.82) is 0 Å². The van der Waals surface area contributed by atoms with E-state index >= 15 is 0 Å². The Kier molecular flexibility index (Phi) is 4.47. The number of aromatic nitrogens is 3. The molecule has 0 unspecified atom stereocenters. The van der Waals surface area contributed by atoms with Gasteiger partial charge in [-0.25, -0.2) is 9.55 Å². The van der Waals surface area contributed by atoms with Gasteiger partial charge >= 0.3 is 5.78 Å². The number of hydrogen-bond donors (Lipinski definition) is 2. The lowest BCUT2D eigenvalue weighted by Gasteiger charge is -2.23. The minimum absolute atomic E-state index is 0.872. The molecule has 0 atom stereocenters. The molecule has 5 rings (SSSR count). The molecule has 6 heteroatoms. The first-order chi connectivity index (χ1) is 13.3. The molecule has 1 fully saturated rings. The highest BCUT2D eigenvalue weighted by molar-refractivity contribution is 9.10. The largest absolute Gasteiger partial charge is 0.370 e. The monoisotopic (exact) mass is 426 g/mol. The Morgan fingerprint density at radius 1 is 1.07 bits per heavy atom. The van der Waals surface area contributed by atoms with Crippen molar-refractivity contribution in [1.82, 2.24) is 9.55 Å². The summed E-state index contributed by atoms with van der Waals surface area (Å²) in [6, 6.07) is 17.1. The topological polar surface area (TPSA) is 38.5 Å². The molecule has 1 saturated heterocycles. The minimum Gasteiger partial charge on any atom is -0.370 e. The first-order valence-corrected chi connectivity index (χ1v) is 10.3. The summed E-state index contributed by atoms with van der Waals surface area (Å²) in [5, 5.41) is 0. The van der Waals surface area contributed by atoms with E-state index in [4.69, 9.17) is 4.74 Å². The Bertz CT molecular complexity index is 1080. The van der Waals surface area contributed by atoms with E-state index in [-0.39, 0.29) is 0 Å². The van der Waals surface area contributed by atoms with Crippen LogP contribution in [0, 0.1) is 0 Å². The number of aromatic amines is 1. The molecule has 0 bridgehead atoms. The SMILES string of the molecule is Brc1ccc(-c2c[n+]3c4ccccc4[nH]c3n2CC[NH+]2CCOCC2)cc1. The molecule has 1 aliphatic heterocycles. The molecule has 1 aliphatic rings. The van der Waals surface area contributed by atoms with E-state index in [0.717, 1.165) is 49.6 Å². The number of nitrogens with one attached hydrogen (secondary N) is 2. The highest BCUT2D eigenvalue weighted by Gasteiger charge is 2.24. The number of H-pyrrole nitrogens is 1. The van der Waals surface area contributed by atoms with Gasteiger partial charge in [0, 0.05) is 10.0 Å². The Labute approximate surface area is 166 Å². The summed E-state index contributed by atoms with van der Waals surface area (Å²) in [6.07, 6.45) is 2.26. The summed E-state index contributed by atoms with van der Waals surface area (Å²) in [7, 11) is 0. The van der Waals surface area contributed by atoms with Crippen molar-refractivity contribution >= 4 is 32.7 Å². The molecule has 5 nitrogen and oxygen atoms in total. The zero-order valence-electron chi connectivity index (χ0n) is 15.1. The maximum atomic E-state index is 5.51. The molecule has 2 N–H and O–H groups in total. The summed E-state index contributed by atoms with van der Waals surface area (Å²) in [4.78, 5) is 5.24. The first-order valence-electron chi connectivity index (χ1n) is 9.48. The summed E-state index contributed by atoms with van der Waals surface area (Å²) in [5.41, 5.74) is 4.86. The lowest BCUT2D eigenvalue weighted by Crippen LogP contribution is -3.14. The van der Waals surface area contributed by atoms with Crippen LogP contribution in [0.2, 0.25) is 0 Å². The van der Waals surface area contributed by atoms with Gasteiger partial charge in [-0.1, -0.05) is 40.2 Å². The fourth-order valence-corrected chi connectivity index (χ4v) is 4.24. The molecular weight excluding hydrogens is 404 g/mol. The number of rotatable bonds is 4. The number of imidazole rings is 2. The molecule has 2 aromatic heterocycles. The standard InChI is InChI=1S/C21H21BrN4O/c22-17-7-5-16(6-8-17)20-15-26-19-4-2-1-3-18(19)23-21(26)25(20)10-9-24-11-13-27-14-12-24/h1-8,15H,9-14H2/p+2. The van der Waals surface area contributed by atoms with Gasteiger partial charge in [0.15, 0.2) is 0 Å². The van der Waals surface area contributed by atoms with Gasteiger partial charge < -0.3 is 9.64 Å². The van der Waals surface area contributed by atoms with Gasteiger partial charge in [0.25, 0.3) is 0 Å². The van der Waals surface area contributed by atoms with Crippen LogP contribution >= 0.6 is 15.9 Å². The lowest BCUT2D eigenvalue weighted by atomic mass is 10.1. The van der Waals surface area contributed by atoms with E-state index in [2.05, 4.69) is 84.6 Å². The average Bonchev–Trinajstić information content (AvgIpc) is 3.24. The number of nitrogens with zero attached hydrogens (tertiary/aromatic N) is 2. The van der Waals surface area contributed by atoms with E-state index in [1.165, 1.54) is 22.3 Å². The van der Waals surface area contributed by atoms with Gasteiger partial charge in [-0.2, -0.15) is 4.40 Å². The van der Waals surface area contributed by atoms with Gasteiger partial charge in [0.1, 0.15) is 49.1 Å². The molecule has 27 heavy (non-hydrogen) atoms. The molecular formula is C21H23BrN4O+2. The van der Waals surface area contributed by atoms with E-state index in [1.54, 1.807) is 4.90 Å². The Morgan fingerprint density at radius 2 is 1.85 bits per heavy atom. The molecule has 0 saturated carbocycles. The van der Waals surface area contributed by atoms with Gasteiger partial charge in [-0.15, -0.1) is 0 Å². The van der Waals surface area contributed by atoms with E-state index < -0.39 is 0 Å². The number of ether oxygens (including phenoxy) is 1. The van der Waals surface area contributed by atoms with Crippen molar-refractivity contribution in [3.05, 3.63) is 59.2 Å². The highest BCUT2D eigenvalue weighted by atomic mass is 79.9. The zero-order chi connectivity index (χ0) is 18.2. The normalized spacial score (nSPS) is 15.7. The van der Waals surface area contributed by atoms with Crippen molar-refractivity contribution in [3.63, 3.8) is 0 Å². The van der Waals surface area contributed by atoms with Crippen LogP contribution in [-0.2, 0) is 11.3 Å². The molecule has 2 aromatic carbocycles. The van der Waals surface area contributed by atoms with Crippen molar-refractivity contribution in [2.24, 2.45) is 0 Å². The van der Waals surface area contributed by atoms with Crippen LogP contribution in [0.5, 0.6) is 0 Å². The highest BCUT2D eigenvalue weighted by Crippen LogP contribution is 2.24. The average molecular weight is 427 g/mol. The third-order valence-corrected chi connectivity index (χ3v) is 5.99. The summed E-state index contributed by atoms with van der Waals surface area (Å²) >= 11 is 3.55. The van der Waals surface area contributed by atoms with Crippen LogP contribution in [0.25, 0.3) is 28.1 Å². The van der Waals surface area contributed by atoms with Crippen molar-refractivity contribution in [3.8, 4) is 11.3 Å². The van der Waals surface area contributed by atoms with Crippen LogP contribution < -0.4 is 9.30 Å². The fourth-order valence-electron chi connectivity index (χ4n) is 3.98. The molecule has 3 heterocycles. The van der Waals surface area contributed by atoms with Crippen molar-refractivity contribution in [2.75, 3.05) is 32.8 Å². The Morgan fingerprint density at radius 3 is 2.67 bits per heavy atom. The van der Waals surface area contributed by atoms with E-state index in [9.17, 15) is 0 Å². The Balaban J connectivity index is 1.59.